The van der Waals surface area contributed by atoms with Crippen LogP contribution in [0.5, 0.6) is 5.75 Å². The molecular formula is C11H8F2O2. The van der Waals surface area contributed by atoms with Crippen molar-refractivity contribution in [3.63, 3.8) is 0 Å². The Bertz CT molecular complexity index is 430. The van der Waals surface area contributed by atoms with Crippen molar-refractivity contribution in [3.05, 3.63) is 29.3 Å². The van der Waals surface area contributed by atoms with Gasteiger partial charge in [-0.05, 0) is 6.07 Å². The lowest BCUT2D eigenvalue weighted by molar-refractivity contribution is -0.107. The first kappa shape index (κ1) is 11.2. The van der Waals surface area contributed by atoms with E-state index in [2.05, 4.69) is 11.8 Å². The van der Waals surface area contributed by atoms with Gasteiger partial charge in [0.1, 0.15) is 12.0 Å². The first-order valence-corrected chi connectivity index (χ1v) is 4.14. The van der Waals surface area contributed by atoms with Gasteiger partial charge < -0.3 is 9.53 Å². The van der Waals surface area contributed by atoms with Crippen LogP contribution in [0.1, 0.15) is 12.0 Å². The maximum absolute atomic E-state index is 12.8. The third-order valence-electron chi connectivity index (χ3n) is 1.65. The zero-order chi connectivity index (χ0) is 11.3. The smallest absolute Gasteiger partial charge is 0.162 e. The zero-order valence-electron chi connectivity index (χ0n) is 8.01. The number of methoxy groups -OCH3 is 1. The lowest BCUT2D eigenvalue weighted by Gasteiger charge is -2.03. The Balaban J connectivity index is 3.11. The minimum Gasteiger partial charge on any atom is -0.495 e. The summed E-state index contributed by atoms with van der Waals surface area (Å²) in [5.41, 5.74) is 0.221. The summed E-state index contributed by atoms with van der Waals surface area (Å²) in [6.45, 7) is 0. The Morgan fingerprint density at radius 1 is 1.40 bits per heavy atom. The molecule has 0 spiro atoms. The quantitative estimate of drug-likeness (QED) is 0.550. The SMILES string of the molecule is COc1cc(F)c(F)cc1C#CCC=O. The summed E-state index contributed by atoms with van der Waals surface area (Å²) in [5.74, 6) is 3.16. The second-order valence-corrected chi connectivity index (χ2v) is 2.64. The minimum absolute atomic E-state index is 0.0438. The average molecular weight is 210 g/mol. The number of hydrogen-bond donors (Lipinski definition) is 0. The summed E-state index contributed by atoms with van der Waals surface area (Å²) in [4.78, 5) is 10.0. The van der Waals surface area contributed by atoms with Gasteiger partial charge in [0.05, 0.1) is 19.1 Å². The number of aldehydes is 1. The molecule has 2 nitrogen and oxygen atoms in total. The highest BCUT2D eigenvalue weighted by Gasteiger charge is 2.08. The molecule has 0 unspecified atom stereocenters. The molecule has 0 saturated heterocycles. The Labute approximate surface area is 85.9 Å². The highest BCUT2D eigenvalue weighted by atomic mass is 19.2. The molecule has 0 atom stereocenters. The summed E-state index contributed by atoms with van der Waals surface area (Å²) < 4.78 is 30.4. The van der Waals surface area contributed by atoms with Crippen LogP contribution in [-0.2, 0) is 4.79 Å². The predicted octanol–water partition coefficient (Wildman–Crippen LogP) is 1.91. The van der Waals surface area contributed by atoms with Gasteiger partial charge in [-0.1, -0.05) is 11.8 Å². The molecule has 0 aliphatic heterocycles. The largest absolute Gasteiger partial charge is 0.495 e. The Morgan fingerprint density at radius 3 is 2.67 bits per heavy atom. The van der Waals surface area contributed by atoms with Gasteiger partial charge in [0, 0.05) is 6.07 Å². The maximum Gasteiger partial charge on any atom is 0.162 e. The van der Waals surface area contributed by atoms with E-state index < -0.39 is 11.6 Å². The molecule has 15 heavy (non-hydrogen) atoms. The van der Waals surface area contributed by atoms with E-state index >= 15 is 0 Å². The molecule has 0 N–H and O–H groups in total. The van der Waals surface area contributed by atoms with E-state index in [1.54, 1.807) is 0 Å². The van der Waals surface area contributed by atoms with Crippen LogP contribution < -0.4 is 4.74 Å². The number of ether oxygens (including phenoxy) is 1. The summed E-state index contributed by atoms with van der Waals surface area (Å²) >= 11 is 0. The van der Waals surface area contributed by atoms with Gasteiger partial charge in [0.2, 0.25) is 0 Å². The molecule has 0 heterocycles. The summed E-state index contributed by atoms with van der Waals surface area (Å²) in [7, 11) is 1.33. The first-order valence-electron chi connectivity index (χ1n) is 4.14. The van der Waals surface area contributed by atoms with Gasteiger partial charge in [-0.3, -0.25) is 0 Å². The molecule has 78 valence electrons. The minimum atomic E-state index is -0.994. The Hall–Kier alpha value is -1.89. The summed E-state index contributed by atoms with van der Waals surface area (Å²) in [6, 6.07) is 1.85. The second kappa shape index (κ2) is 5.11. The van der Waals surface area contributed by atoms with Crippen molar-refractivity contribution in [1.82, 2.24) is 0 Å². The van der Waals surface area contributed by atoms with E-state index in [0.717, 1.165) is 12.1 Å². The molecular weight excluding hydrogens is 202 g/mol. The molecule has 0 aromatic heterocycles. The van der Waals surface area contributed by atoms with E-state index in [-0.39, 0.29) is 17.7 Å². The summed E-state index contributed by atoms with van der Waals surface area (Å²) in [5, 5.41) is 0. The third-order valence-corrected chi connectivity index (χ3v) is 1.65. The Morgan fingerprint density at radius 2 is 2.07 bits per heavy atom. The van der Waals surface area contributed by atoms with Crippen LogP contribution in [-0.4, -0.2) is 13.4 Å². The molecule has 0 saturated carbocycles. The molecule has 0 amide bonds. The van der Waals surface area contributed by atoms with Crippen LogP contribution in [0.3, 0.4) is 0 Å². The molecule has 1 aromatic rings. The number of halogens is 2. The monoisotopic (exact) mass is 210 g/mol. The number of carbonyl (C=O) groups is 1. The van der Waals surface area contributed by atoms with E-state index in [4.69, 9.17) is 4.74 Å². The van der Waals surface area contributed by atoms with Crippen LogP contribution in [0.15, 0.2) is 12.1 Å². The van der Waals surface area contributed by atoms with Crippen LogP contribution in [0.2, 0.25) is 0 Å². The average Bonchev–Trinajstić information content (AvgIpc) is 2.23. The molecule has 0 aliphatic rings. The first-order chi connectivity index (χ1) is 7.19. The zero-order valence-corrected chi connectivity index (χ0v) is 8.01. The highest BCUT2D eigenvalue weighted by Crippen LogP contribution is 2.20. The predicted molar refractivity (Wildman–Crippen MR) is 50.5 cm³/mol. The highest BCUT2D eigenvalue weighted by molar-refractivity contribution is 5.56. The van der Waals surface area contributed by atoms with Gasteiger partial charge in [-0.2, -0.15) is 0 Å². The fourth-order valence-corrected chi connectivity index (χ4v) is 0.983. The second-order valence-electron chi connectivity index (χ2n) is 2.64. The van der Waals surface area contributed by atoms with Gasteiger partial charge >= 0.3 is 0 Å². The van der Waals surface area contributed by atoms with Crippen molar-refractivity contribution in [2.75, 3.05) is 7.11 Å². The van der Waals surface area contributed by atoms with Crippen molar-refractivity contribution in [2.24, 2.45) is 0 Å². The van der Waals surface area contributed by atoms with Crippen LogP contribution >= 0.6 is 0 Å². The van der Waals surface area contributed by atoms with Crippen molar-refractivity contribution in [1.29, 1.82) is 0 Å². The van der Waals surface area contributed by atoms with E-state index in [0.29, 0.717) is 6.29 Å². The Kier molecular flexibility index (Phi) is 3.81. The van der Waals surface area contributed by atoms with Crippen molar-refractivity contribution >= 4 is 6.29 Å². The molecule has 4 heteroatoms. The molecule has 1 aromatic carbocycles. The summed E-state index contributed by atoms with van der Waals surface area (Å²) in [6.07, 6.45) is 0.668. The van der Waals surface area contributed by atoms with Crippen LogP contribution in [0, 0.1) is 23.5 Å². The fourth-order valence-electron chi connectivity index (χ4n) is 0.983. The lowest BCUT2D eigenvalue weighted by atomic mass is 10.2. The standard InChI is InChI=1S/C11H8F2O2/c1-15-11-7-10(13)9(12)6-8(11)4-2-3-5-14/h5-7H,3H2,1H3. The maximum atomic E-state index is 12.8. The van der Waals surface area contributed by atoms with Gasteiger partial charge in [-0.25, -0.2) is 8.78 Å². The van der Waals surface area contributed by atoms with Crippen molar-refractivity contribution in [2.45, 2.75) is 6.42 Å². The topological polar surface area (TPSA) is 26.3 Å². The lowest BCUT2D eigenvalue weighted by Crippen LogP contribution is -1.92. The molecule has 0 bridgehead atoms. The number of carbonyl (C=O) groups excluding carboxylic acids is 1. The third kappa shape index (κ3) is 2.78. The normalized spacial score (nSPS) is 9.00. The molecule has 0 radical (unpaired) electrons. The molecule has 0 fully saturated rings. The van der Waals surface area contributed by atoms with E-state index in [1.165, 1.54) is 7.11 Å². The van der Waals surface area contributed by atoms with Crippen LogP contribution in [0.25, 0.3) is 0 Å². The van der Waals surface area contributed by atoms with Crippen LogP contribution in [0.4, 0.5) is 8.78 Å². The molecule has 1 rings (SSSR count). The molecule has 0 aliphatic carbocycles. The van der Waals surface area contributed by atoms with Crippen molar-refractivity contribution in [3.8, 4) is 17.6 Å². The van der Waals surface area contributed by atoms with Gasteiger partial charge in [0.15, 0.2) is 11.6 Å². The van der Waals surface area contributed by atoms with E-state index in [1.807, 2.05) is 0 Å². The van der Waals surface area contributed by atoms with Gasteiger partial charge in [-0.15, -0.1) is 0 Å². The number of hydrogen-bond acceptors (Lipinski definition) is 2. The number of benzene rings is 1. The van der Waals surface area contributed by atoms with Gasteiger partial charge in [0.25, 0.3) is 0 Å². The van der Waals surface area contributed by atoms with Crippen molar-refractivity contribution < 1.29 is 18.3 Å². The number of rotatable bonds is 2. The fraction of sp³-hybridized carbons (Fsp3) is 0.182. The van der Waals surface area contributed by atoms with E-state index in [9.17, 15) is 13.6 Å².